The van der Waals surface area contributed by atoms with Gasteiger partial charge in [0.2, 0.25) is 6.29 Å². The average molecular weight is 308 g/mol. The number of aliphatic hydroxyl groups excluding tert-OH is 3. The average Bonchev–Trinajstić information content (AvgIpc) is 2.47. The summed E-state index contributed by atoms with van der Waals surface area (Å²) in [5.41, 5.74) is 0.674. The fraction of sp³-hybridized carbons (Fsp3) is 0.400. The minimum absolute atomic E-state index is 0.148. The molecule has 1 aliphatic rings. The third-order valence-corrected chi connectivity index (χ3v) is 3.63. The molecule has 3 rings (SSSR count). The highest BCUT2D eigenvalue weighted by Crippen LogP contribution is 2.25. The second kappa shape index (κ2) is 5.69. The first-order valence-corrected chi connectivity index (χ1v) is 6.82. The summed E-state index contributed by atoms with van der Waals surface area (Å²) in [5, 5.41) is 29.6. The number of aryl methyl sites for hydroxylation is 1. The van der Waals surface area contributed by atoms with E-state index < -0.39 is 30.2 Å². The van der Waals surface area contributed by atoms with Crippen LogP contribution in [0.15, 0.2) is 33.5 Å². The van der Waals surface area contributed by atoms with Gasteiger partial charge >= 0.3 is 5.63 Å². The number of hydrogen-bond donors (Lipinski definition) is 3. The van der Waals surface area contributed by atoms with E-state index in [0.29, 0.717) is 11.3 Å². The Kier molecular flexibility index (Phi) is 3.88. The lowest BCUT2D eigenvalue weighted by molar-refractivity contribution is -0.242. The maximum Gasteiger partial charge on any atom is 0.336 e. The van der Waals surface area contributed by atoms with Crippen LogP contribution < -0.4 is 10.4 Å². The normalized spacial score (nSPS) is 28.7. The molecule has 4 atom stereocenters. The molecule has 0 unspecified atom stereocenters. The predicted molar refractivity (Wildman–Crippen MR) is 75.6 cm³/mol. The Morgan fingerprint density at radius 3 is 2.73 bits per heavy atom. The van der Waals surface area contributed by atoms with Crippen LogP contribution in [0.25, 0.3) is 11.0 Å². The van der Waals surface area contributed by atoms with E-state index in [1.165, 1.54) is 12.1 Å². The molecule has 0 bridgehead atoms. The van der Waals surface area contributed by atoms with Crippen LogP contribution in [0.1, 0.15) is 5.56 Å². The lowest BCUT2D eigenvalue weighted by Gasteiger charge is -2.34. The second-order valence-electron chi connectivity index (χ2n) is 5.27. The first-order valence-electron chi connectivity index (χ1n) is 6.82. The lowest BCUT2D eigenvalue weighted by atomic mass is 10.1. The Bertz CT molecular complexity index is 738. The molecular weight excluding hydrogens is 292 g/mol. The fourth-order valence-electron chi connectivity index (χ4n) is 2.40. The maximum absolute atomic E-state index is 11.4. The van der Waals surface area contributed by atoms with E-state index in [2.05, 4.69) is 0 Å². The second-order valence-corrected chi connectivity index (χ2v) is 5.27. The highest BCUT2D eigenvalue weighted by atomic mass is 16.7. The van der Waals surface area contributed by atoms with E-state index in [4.69, 9.17) is 13.9 Å². The minimum atomic E-state index is -1.39. The first kappa shape index (κ1) is 15.0. The molecule has 0 amide bonds. The SMILES string of the molecule is Cc1cc(=O)oc2cc(O[C@@H]3OC[C@@H](O)[C@@H](O)[C@H]3O)ccc12. The molecule has 1 aromatic heterocycles. The zero-order valence-corrected chi connectivity index (χ0v) is 11.8. The van der Waals surface area contributed by atoms with Crippen molar-refractivity contribution in [3.05, 3.63) is 40.2 Å². The van der Waals surface area contributed by atoms with Crippen molar-refractivity contribution in [1.82, 2.24) is 0 Å². The summed E-state index contributed by atoms with van der Waals surface area (Å²) in [4.78, 5) is 11.4. The first-order chi connectivity index (χ1) is 10.5. The van der Waals surface area contributed by atoms with Crippen LogP contribution in [-0.4, -0.2) is 46.5 Å². The van der Waals surface area contributed by atoms with Crippen LogP contribution in [0.4, 0.5) is 0 Å². The van der Waals surface area contributed by atoms with Crippen LogP contribution >= 0.6 is 0 Å². The molecule has 7 heteroatoms. The highest BCUT2D eigenvalue weighted by molar-refractivity contribution is 5.81. The van der Waals surface area contributed by atoms with Crippen LogP contribution in [0.2, 0.25) is 0 Å². The van der Waals surface area contributed by atoms with Gasteiger partial charge in [-0.3, -0.25) is 0 Å². The predicted octanol–water partition coefficient (Wildman–Crippen LogP) is -0.0808. The number of rotatable bonds is 2. The number of fused-ring (bicyclic) bond motifs is 1. The van der Waals surface area contributed by atoms with E-state index in [0.717, 1.165) is 10.9 Å². The summed E-state index contributed by atoms with van der Waals surface area (Å²) in [7, 11) is 0. The number of hydrogen-bond acceptors (Lipinski definition) is 7. The van der Waals surface area contributed by atoms with E-state index in [1.807, 2.05) is 0 Å². The highest BCUT2D eigenvalue weighted by Gasteiger charge is 2.39. The summed E-state index contributed by atoms with van der Waals surface area (Å²) in [6.45, 7) is 1.65. The van der Waals surface area contributed by atoms with Crippen molar-refractivity contribution in [2.24, 2.45) is 0 Å². The van der Waals surface area contributed by atoms with Gasteiger partial charge in [0.25, 0.3) is 0 Å². The van der Waals surface area contributed by atoms with Crippen molar-refractivity contribution in [2.75, 3.05) is 6.61 Å². The zero-order chi connectivity index (χ0) is 15.9. The Labute approximate surface area is 125 Å². The summed E-state index contributed by atoms with van der Waals surface area (Å²) in [5.74, 6) is 0.314. The monoisotopic (exact) mass is 308 g/mol. The van der Waals surface area contributed by atoms with Crippen molar-refractivity contribution < 1.29 is 29.2 Å². The van der Waals surface area contributed by atoms with Crippen molar-refractivity contribution in [3.8, 4) is 5.75 Å². The largest absolute Gasteiger partial charge is 0.462 e. The standard InChI is InChI=1S/C15H16O7/c1-7-4-12(17)22-11-5-8(2-3-9(7)11)21-15-14(19)13(18)10(16)6-20-15/h2-5,10,13-16,18-19H,6H2,1H3/t10-,13-,14-,15+/m1/s1. The summed E-state index contributed by atoms with van der Waals surface area (Å²) < 4.78 is 15.7. The van der Waals surface area contributed by atoms with Crippen molar-refractivity contribution in [1.29, 1.82) is 0 Å². The van der Waals surface area contributed by atoms with Crippen molar-refractivity contribution in [3.63, 3.8) is 0 Å². The molecule has 1 aliphatic heterocycles. The fourth-order valence-corrected chi connectivity index (χ4v) is 2.40. The van der Waals surface area contributed by atoms with Gasteiger partial charge in [0.15, 0.2) is 0 Å². The van der Waals surface area contributed by atoms with Crippen molar-refractivity contribution >= 4 is 11.0 Å². The molecule has 1 fully saturated rings. The Balaban J connectivity index is 1.87. The van der Waals surface area contributed by atoms with Gasteiger partial charge in [0, 0.05) is 17.5 Å². The lowest BCUT2D eigenvalue weighted by Crippen LogP contribution is -2.54. The van der Waals surface area contributed by atoms with Gasteiger partial charge < -0.3 is 29.2 Å². The Morgan fingerprint density at radius 2 is 1.95 bits per heavy atom. The van der Waals surface area contributed by atoms with Crippen LogP contribution in [-0.2, 0) is 4.74 Å². The smallest absolute Gasteiger partial charge is 0.336 e. The Morgan fingerprint density at radius 1 is 1.18 bits per heavy atom. The summed E-state index contributed by atoms with van der Waals surface area (Å²) >= 11 is 0. The van der Waals surface area contributed by atoms with Gasteiger partial charge in [-0.25, -0.2) is 4.79 Å². The van der Waals surface area contributed by atoms with Gasteiger partial charge in [-0.2, -0.15) is 0 Å². The number of benzene rings is 1. The third-order valence-electron chi connectivity index (χ3n) is 3.63. The molecule has 2 heterocycles. The molecule has 118 valence electrons. The number of ether oxygens (including phenoxy) is 2. The third kappa shape index (κ3) is 2.71. The van der Waals surface area contributed by atoms with Crippen molar-refractivity contribution in [2.45, 2.75) is 31.5 Å². The molecule has 0 aliphatic carbocycles. The number of aliphatic hydroxyl groups is 3. The maximum atomic E-state index is 11.4. The van der Waals surface area contributed by atoms with E-state index in [9.17, 15) is 20.1 Å². The van der Waals surface area contributed by atoms with Gasteiger partial charge in [0.1, 0.15) is 29.6 Å². The van der Waals surface area contributed by atoms with Gasteiger partial charge in [-0.05, 0) is 24.6 Å². The topological polar surface area (TPSA) is 109 Å². The molecule has 2 aromatic rings. The van der Waals surface area contributed by atoms with E-state index in [1.54, 1.807) is 19.1 Å². The van der Waals surface area contributed by atoms with Crippen LogP contribution in [0.5, 0.6) is 5.75 Å². The molecule has 0 saturated carbocycles. The van der Waals surface area contributed by atoms with E-state index >= 15 is 0 Å². The van der Waals surface area contributed by atoms with Gasteiger partial charge in [-0.1, -0.05) is 0 Å². The molecule has 0 radical (unpaired) electrons. The molecule has 1 saturated heterocycles. The molecule has 22 heavy (non-hydrogen) atoms. The van der Waals surface area contributed by atoms with Crippen LogP contribution in [0.3, 0.4) is 0 Å². The molecule has 1 aromatic carbocycles. The molecule has 0 spiro atoms. The van der Waals surface area contributed by atoms with Gasteiger partial charge in [0.05, 0.1) is 6.61 Å². The van der Waals surface area contributed by atoms with Gasteiger partial charge in [-0.15, -0.1) is 0 Å². The quantitative estimate of drug-likeness (QED) is 0.666. The van der Waals surface area contributed by atoms with E-state index in [-0.39, 0.29) is 6.61 Å². The summed E-state index contributed by atoms with van der Waals surface area (Å²) in [6, 6.07) is 6.28. The zero-order valence-electron chi connectivity index (χ0n) is 11.8. The Hall–Kier alpha value is -1.93. The molecule has 7 nitrogen and oxygen atoms in total. The molecule has 3 N–H and O–H groups in total. The minimum Gasteiger partial charge on any atom is -0.462 e. The van der Waals surface area contributed by atoms with Crippen LogP contribution in [0, 0.1) is 6.92 Å². The molecular formula is C15H16O7. The summed E-state index contributed by atoms with van der Waals surface area (Å²) in [6.07, 6.45) is -5.01.